The zero-order valence-electron chi connectivity index (χ0n) is 27.2. The highest BCUT2D eigenvalue weighted by Crippen LogP contribution is 2.32. The summed E-state index contributed by atoms with van der Waals surface area (Å²) in [5.74, 6) is -0.00658. The second-order valence-electron chi connectivity index (χ2n) is 10.6. The first-order valence-electron chi connectivity index (χ1n) is 15.8. The molecule has 1 saturated carbocycles. The lowest BCUT2D eigenvalue weighted by atomic mass is 9.94. The van der Waals surface area contributed by atoms with Crippen molar-refractivity contribution in [2.45, 2.75) is 91.3 Å². The van der Waals surface area contributed by atoms with Crippen molar-refractivity contribution in [2.75, 3.05) is 26.7 Å². The van der Waals surface area contributed by atoms with Crippen molar-refractivity contribution in [2.24, 2.45) is 0 Å². The van der Waals surface area contributed by atoms with Gasteiger partial charge in [-0.1, -0.05) is 101 Å². The van der Waals surface area contributed by atoms with Gasteiger partial charge in [0.1, 0.15) is 24.4 Å². The van der Waals surface area contributed by atoms with Gasteiger partial charge in [-0.3, -0.25) is 19.7 Å². The summed E-state index contributed by atoms with van der Waals surface area (Å²) >= 11 is 0. The maximum absolute atomic E-state index is 13.7. The van der Waals surface area contributed by atoms with E-state index in [1.807, 2.05) is 95.3 Å². The molecule has 1 fully saturated rings. The third-order valence-corrected chi connectivity index (χ3v) is 7.74. The van der Waals surface area contributed by atoms with Gasteiger partial charge in [-0.05, 0) is 38.3 Å². The van der Waals surface area contributed by atoms with E-state index >= 15 is 0 Å². The molecule has 0 aromatic heterocycles. The average molecular weight is 593 g/mol. The number of amides is 3. The predicted molar refractivity (Wildman–Crippen MR) is 175 cm³/mol. The zero-order valence-corrected chi connectivity index (χ0v) is 27.2. The molecule has 1 heterocycles. The summed E-state index contributed by atoms with van der Waals surface area (Å²) in [6.07, 6.45) is 7.44. The number of likely N-dealkylation sites (N-methyl/N-ethyl adjacent to an activating group) is 1. The van der Waals surface area contributed by atoms with Crippen LogP contribution in [0.4, 0.5) is 0 Å². The maximum atomic E-state index is 13.7. The molecule has 1 aliphatic heterocycles. The summed E-state index contributed by atoms with van der Waals surface area (Å²) in [6, 6.07) is 14.1. The van der Waals surface area contributed by atoms with Gasteiger partial charge < -0.3 is 20.3 Å². The number of rotatable bonds is 2. The number of aryl methyl sites for hydroxylation is 1. The minimum Gasteiger partial charge on any atom is -0.492 e. The third-order valence-electron chi connectivity index (χ3n) is 7.74. The van der Waals surface area contributed by atoms with E-state index in [4.69, 9.17) is 4.74 Å². The van der Waals surface area contributed by atoms with Gasteiger partial charge in [0.25, 0.3) is 0 Å². The standard InChI is InChI=1S/C31H40N4O4.2C2H6/c1-22-10-8-11-24(20-22)21-26-29(37)32-17-9-13-25-12-4-5-14-27(25)39-19-18-33-31(15-6-7-16-31)30(38)35(3)23(2)28(36)34-26;2*1-2/h4-5,8-14,20,23,26,33H,6-7,15-19,21H2,1-3H3,(H,32,37)(H,34,36);2*1-2H3/b13-9+;;/t23-,26+;;/m0../s1. The number of fused-ring (bicyclic) bond motifs is 1. The van der Waals surface area contributed by atoms with E-state index in [2.05, 4.69) is 16.0 Å². The van der Waals surface area contributed by atoms with Gasteiger partial charge in [-0.25, -0.2) is 0 Å². The van der Waals surface area contributed by atoms with Crippen LogP contribution in [-0.4, -0.2) is 67.0 Å². The van der Waals surface area contributed by atoms with E-state index in [0.29, 0.717) is 39.0 Å². The maximum Gasteiger partial charge on any atom is 0.243 e. The van der Waals surface area contributed by atoms with E-state index in [-0.39, 0.29) is 17.7 Å². The number of nitrogens with one attached hydrogen (secondary N) is 3. The molecule has 0 saturated heterocycles. The summed E-state index contributed by atoms with van der Waals surface area (Å²) < 4.78 is 6.06. The number of benzene rings is 2. The molecule has 4 rings (SSSR count). The molecule has 8 nitrogen and oxygen atoms in total. The lowest BCUT2D eigenvalue weighted by molar-refractivity contribution is -0.144. The van der Waals surface area contributed by atoms with Crippen LogP contribution in [0.15, 0.2) is 54.6 Å². The highest BCUT2D eigenvalue weighted by Gasteiger charge is 2.44. The molecule has 3 N–H and O–H groups in total. The molecule has 2 aliphatic rings. The number of ether oxygens (including phenoxy) is 1. The molecule has 8 heteroatoms. The quantitative estimate of drug-likeness (QED) is 0.454. The summed E-state index contributed by atoms with van der Waals surface area (Å²) in [7, 11) is 1.67. The number of para-hydroxylation sites is 1. The molecule has 2 aromatic carbocycles. The van der Waals surface area contributed by atoms with Crippen LogP contribution < -0.4 is 20.7 Å². The van der Waals surface area contributed by atoms with Crippen molar-refractivity contribution in [1.82, 2.24) is 20.9 Å². The fraction of sp³-hybridized carbons (Fsp3) is 0.514. The number of hydrogen-bond donors (Lipinski definition) is 3. The Morgan fingerprint density at radius 1 is 0.953 bits per heavy atom. The zero-order chi connectivity index (χ0) is 31.8. The molecule has 0 radical (unpaired) electrons. The predicted octanol–water partition coefficient (Wildman–Crippen LogP) is 5.05. The Bertz CT molecular complexity index is 1210. The van der Waals surface area contributed by atoms with Crippen molar-refractivity contribution in [3.05, 3.63) is 71.3 Å². The minimum absolute atomic E-state index is 0.105. The largest absolute Gasteiger partial charge is 0.492 e. The summed E-state index contributed by atoms with van der Waals surface area (Å²) in [4.78, 5) is 41.9. The van der Waals surface area contributed by atoms with Crippen LogP contribution in [0.25, 0.3) is 6.08 Å². The normalized spacial score (nSPS) is 21.7. The van der Waals surface area contributed by atoms with Gasteiger partial charge in [-0.15, -0.1) is 0 Å². The molecule has 2 aromatic rings. The number of nitrogens with zero attached hydrogens (tertiary/aromatic N) is 1. The van der Waals surface area contributed by atoms with Gasteiger partial charge in [0.15, 0.2) is 0 Å². The van der Waals surface area contributed by atoms with E-state index in [1.54, 1.807) is 14.0 Å². The van der Waals surface area contributed by atoms with Gasteiger partial charge in [0, 0.05) is 32.1 Å². The molecule has 43 heavy (non-hydrogen) atoms. The van der Waals surface area contributed by atoms with Crippen LogP contribution in [0.2, 0.25) is 0 Å². The molecule has 0 unspecified atom stereocenters. The molecule has 1 spiro atoms. The topological polar surface area (TPSA) is 99.8 Å². The van der Waals surface area contributed by atoms with Gasteiger partial charge in [-0.2, -0.15) is 0 Å². The van der Waals surface area contributed by atoms with Crippen molar-refractivity contribution in [1.29, 1.82) is 0 Å². The van der Waals surface area contributed by atoms with Gasteiger partial charge in [0.05, 0.1) is 5.54 Å². The third kappa shape index (κ3) is 9.95. The highest BCUT2D eigenvalue weighted by atomic mass is 16.5. The van der Waals surface area contributed by atoms with Crippen molar-refractivity contribution in [3.63, 3.8) is 0 Å². The SMILES string of the molecule is CC.CC.Cc1cccc(C[C@H]2NC(=O)[C@H](C)N(C)C(=O)C3(CCCC3)NCCOc3ccccc3/C=C/CNC2=O)c1. The fourth-order valence-electron chi connectivity index (χ4n) is 5.38. The Morgan fingerprint density at radius 2 is 1.65 bits per heavy atom. The van der Waals surface area contributed by atoms with Crippen molar-refractivity contribution in [3.8, 4) is 5.75 Å². The molecular weight excluding hydrogens is 540 g/mol. The van der Waals surface area contributed by atoms with Gasteiger partial charge in [0.2, 0.25) is 17.7 Å². The van der Waals surface area contributed by atoms with Gasteiger partial charge >= 0.3 is 0 Å². The van der Waals surface area contributed by atoms with Crippen molar-refractivity contribution < 1.29 is 19.1 Å². The van der Waals surface area contributed by atoms with Crippen LogP contribution in [0.5, 0.6) is 5.75 Å². The molecule has 236 valence electrons. The minimum atomic E-state index is -0.785. The van der Waals surface area contributed by atoms with E-state index in [9.17, 15) is 14.4 Å². The first-order chi connectivity index (χ1) is 20.8. The second kappa shape index (κ2) is 18.1. The summed E-state index contributed by atoms with van der Waals surface area (Å²) in [5, 5.41) is 9.32. The Balaban J connectivity index is 0.00000155. The van der Waals surface area contributed by atoms with Crippen LogP contribution >= 0.6 is 0 Å². The van der Waals surface area contributed by atoms with E-state index < -0.39 is 17.6 Å². The van der Waals surface area contributed by atoms with Crippen LogP contribution in [0.1, 0.15) is 77.0 Å². The summed E-state index contributed by atoms with van der Waals surface area (Å²) in [5.41, 5.74) is 2.20. The number of hydrogen-bond acceptors (Lipinski definition) is 5. The number of carbonyl (C=O) groups excluding carboxylic acids is 3. The smallest absolute Gasteiger partial charge is 0.243 e. The van der Waals surface area contributed by atoms with Crippen LogP contribution in [0, 0.1) is 6.92 Å². The summed E-state index contributed by atoms with van der Waals surface area (Å²) in [6.45, 7) is 12.9. The molecule has 1 aliphatic carbocycles. The first kappa shape index (κ1) is 35.5. The Morgan fingerprint density at radius 3 is 2.35 bits per heavy atom. The Hall–Kier alpha value is -3.65. The molecule has 2 atom stereocenters. The number of carbonyl (C=O) groups is 3. The van der Waals surface area contributed by atoms with E-state index in [0.717, 1.165) is 35.3 Å². The van der Waals surface area contributed by atoms with E-state index in [1.165, 1.54) is 4.90 Å². The lowest BCUT2D eigenvalue weighted by Crippen LogP contribution is -2.61. The monoisotopic (exact) mass is 592 g/mol. The highest BCUT2D eigenvalue weighted by molar-refractivity contribution is 5.94. The Kier molecular flexibility index (Phi) is 15.0. The van der Waals surface area contributed by atoms with Crippen molar-refractivity contribution >= 4 is 23.8 Å². The average Bonchev–Trinajstić information content (AvgIpc) is 3.52. The fourth-order valence-corrected chi connectivity index (χ4v) is 5.38. The van der Waals surface area contributed by atoms with Crippen LogP contribution in [-0.2, 0) is 20.8 Å². The van der Waals surface area contributed by atoms with Crippen LogP contribution in [0.3, 0.4) is 0 Å². The first-order valence-corrected chi connectivity index (χ1v) is 15.8. The molecular formula is C35H52N4O4. The lowest BCUT2D eigenvalue weighted by Gasteiger charge is -2.36. The molecule has 0 bridgehead atoms. The Labute approximate surface area is 258 Å². The molecule has 3 amide bonds. The second-order valence-corrected chi connectivity index (χ2v) is 10.6.